The number of hydrogen-bond donors (Lipinski definition) is 1. The monoisotopic (exact) mass is 225 g/mol. The predicted octanol–water partition coefficient (Wildman–Crippen LogP) is 1.46. The highest BCUT2D eigenvalue weighted by atomic mass is 16.5. The summed E-state index contributed by atoms with van der Waals surface area (Å²) in [5.41, 5.74) is 6.28. The van der Waals surface area contributed by atoms with Crippen LogP contribution in [0.15, 0.2) is 12.1 Å². The molecule has 0 radical (unpaired) electrons. The predicted molar refractivity (Wildman–Crippen MR) is 59.9 cm³/mol. The van der Waals surface area contributed by atoms with Gasteiger partial charge in [-0.05, 0) is 6.92 Å². The second kappa shape index (κ2) is 5.25. The van der Waals surface area contributed by atoms with E-state index >= 15 is 0 Å². The summed E-state index contributed by atoms with van der Waals surface area (Å²) in [6.07, 6.45) is 0. The molecule has 0 fully saturated rings. The molecule has 1 aromatic rings. The number of carbonyl (C=O) groups is 1. The molecule has 0 unspecified atom stereocenters. The van der Waals surface area contributed by atoms with E-state index in [9.17, 15) is 4.79 Å². The quantitative estimate of drug-likeness (QED) is 0.620. The highest BCUT2D eigenvalue weighted by Crippen LogP contribution is 2.32. The third-order valence-electron chi connectivity index (χ3n) is 2.04. The molecule has 0 amide bonds. The first-order valence-electron chi connectivity index (χ1n) is 4.82. The first-order chi connectivity index (χ1) is 7.63. The molecule has 5 nitrogen and oxygen atoms in total. The SMILES string of the molecule is CCOc1cc(N)c(C(=O)OC)cc1OC. The van der Waals surface area contributed by atoms with Gasteiger partial charge in [0.25, 0.3) is 0 Å². The van der Waals surface area contributed by atoms with Gasteiger partial charge >= 0.3 is 5.97 Å². The lowest BCUT2D eigenvalue weighted by atomic mass is 10.1. The van der Waals surface area contributed by atoms with Crippen LogP contribution in [0, 0.1) is 0 Å². The van der Waals surface area contributed by atoms with Gasteiger partial charge in [0.15, 0.2) is 11.5 Å². The third kappa shape index (κ3) is 2.36. The van der Waals surface area contributed by atoms with Crippen molar-refractivity contribution in [2.45, 2.75) is 6.92 Å². The molecule has 0 heterocycles. The van der Waals surface area contributed by atoms with Gasteiger partial charge in [0.05, 0.1) is 32.1 Å². The van der Waals surface area contributed by atoms with Gasteiger partial charge < -0.3 is 19.9 Å². The molecule has 1 rings (SSSR count). The van der Waals surface area contributed by atoms with E-state index in [0.717, 1.165) is 0 Å². The maximum atomic E-state index is 11.4. The number of methoxy groups -OCH3 is 2. The zero-order valence-electron chi connectivity index (χ0n) is 9.57. The average molecular weight is 225 g/mol. The molecule has 0 aliphatic rings. The molecule has 0 saturated heterocycles. The summed E-state index contributed by atoms with van der Waals surface area (Å²) in [7, 11) is 2.79. The van der Waals surface area contributed by atoms with E-state index in [0.29, 0.717) is 23.8 Å². The first kappa shape index (κ1) is 12.2. The summed E-state index contributed by atoms with van der Waals surface area (Å²) in [4.78, 5) is 11.4. The number of nitrogen functional groups attached to an aromatic ring is 1. The van der Waals surface area contributed by atoms with E-state index in [2.05, 4.69) is 4.74 Å². The van der Waals surface area contributed by atoms with Crippen LogP contribution in [0.5, 0.6) is 11.5 Å². The molecule has 0 aliphatic carbocycles. The minimum atomic E-state index is -0.501. The van der Waals surface area contributed by atoms with Crippen LogP contribution < -0.4 is 15.2 Å². The Morgan fingerprint density at radius 2 is 2.00 bits per heavy atom. The topological polar surface area (TPSA) is 70.8 Å². The highest BCUT2D eigenvalue weighted by molar-refractivity contribution is 5.96. The fourth-order valence-electron chi connectivity index (χ4n) is 1.29. The standard InChI is InChI=1S/C11H15NO4/c1-4-16-10-6-8(12)7(11(13)15-3)5-9(10)14-2/h5-6H,4,12H2,1-3H3. The number of esters is 1. The molecule has 0 bridgehead atoms. The summed E-state index contributed by atoms with van der Waals surface area (Å²) >= 11 is 0. The van der Waals surface area contributed by atoms with Gasteiger partial charge in [0.1, 0.15) is 0 Å². The maximum Gasteiger partial charge on any atom is 0.340 e. The third-order valence-corrected chi connectivity index (χ3v) is 2.04. The molecular formula is C11H15NO4. The van der Waals surface area contributed by atoms with Gasteiger partial charge in [-0.25, -0.2) is 4.79 Å². The van der Waals surface area contributed by atoms with E-state index in [1.165, 1.54) is 20.3 Å². The van der Waals surface area contributed by atoms with Crippen molar-refractivity contribution in [3.8, 4) is 11.5 Å². The van der Waals surface area contributed by atoms with E-state index in [1.54, 1.807) is 6.07 Å². The Hall–Kier alpha value is -1.91. The molecule has 5 heteroatoms. The van der Waals surface area contributed by atoms with Gasteiger partial charge in [-0.15, -0.1) is 0 Å². The van der Waals surface area contributed by atoms with Gasteiger partial charge in [0, 0.05) is 12.1 Å². The van der Waals surface area contributed by atoms with Crippen LogP contribution in [0.2, 0.25) is 0 Å². The van der Waals surface area contributed by atoms with Crippen molar-refractivity contribution in [1.29, 1.82) is 0 Å². The fourth-order valence-corrected chi connectivity index (χ4v) is 1.29. The van der Waals surface area contributed by atoms with Gasteiger partial charge in [-0.3, -0.25) is 0 Å². The zero-order chi connectivity index (χ0) is 12.1. The van der Waals surface area contributed by atoms with Gasteiger partial charge in [-0.2, -0.15) is 0 Å². The molecular weight excluding hydrogens is 210 g/mol. The van der Waals surface area contributed by atoms with Crippen LogP contribution in [0.4, 0.5) is 5.69 Å². The minimum Gasteiger partial charge on any atom is -0.493 e. The van der Waals surface area contributed by atoms with Crippen LogP contribution in [-0.2, 0) is 4.74 Å². The number of ether oxygens (including phenoxy) is 3. The number of anilines is 1. The summed E-state index contributed by atoms with van der Waals surface area (Å²) in [5, 5.41) is 0. The molecule has 16 heavy (non-hydrogen) atoms. The van der Waals surface area contributed by atoms with E-state index in [-0.39, 0.29) is 5.56 Å². The van der Waals surface area contributed by atoms with Gasteiger partial charge in [0.2, 0.25) is 0 Å². The van der Waals surface area contributed by atoms with Crippen LogP contribution in [0.25, 0.3) is 0 Å². The number of hydrogen-bond acceptors (Lipinski definition) is 5. The summed E-state index contributed by atoms with van der Waals surface area (Å²) in [6.45, 7) is 2.34. The molecule has 0 aliphatic heterocycles. The molecule has 0 atom stereocenters. The van der Waals surface area contributed by atoms with E-state index < -0.39 is 5.97 Å². The Morgan fingerprint density at radius 1 is 1.31 bits per heavy atom. The molecule has 2 N–H and O–H groups in total. The molecule has 0 saturated carbocycles. The fraction of sp³-hybridized carbons (Fsp3) is 0.364. The van der Waals surface area contributed by atoms with Crippen LogP contribution in [0.3, 0.4) is 0 Å². The first-order valence-corrected chi connectivity index (χ1v) is 4.82. The van der Waals surface area contributed by atoms with Crippen molar-refractivity contribution in [2.75, 3.05) is 26.6 Å². The number of rotatable bonds is 4. The second-order valence-electron chi connectivity index (χ2n) is 3.01. The lowest BCUT2D eigenvalue weighted by molar-refractivity contribution is 0.0601. The van der Waals surface area contributed by atoms with Gasteiger partial charge in [-0.1, -0.05) is 0 Å². The molecule has 0 aromatic heterocycles. The van der Waals surface area contributed by atoms with Crippen molar-refractivity contribution in [3.63, 3.8) is 0 Å². The summed E-state index contributed by atoms with van der Waals surface area (Å²) in [6, 6.07) is 3.06. The minimum absolute atomic E-state index is 0.266. The lowest BCUT2D eigenvalue weighted by Gasteiger charge is -2.12. The highest BCUT2D eigenvalue weighted by Gasteiger charge is 2.15. The second-order valence-corrected chi connectivity index (χ2v) is 3.01. The Kier molecular flexibility index (Phi) is 3.99. The Labute approximate surface area is 94.1 Å². The lowest BCUT2D eigenvalue weighted by Crippen LogP contribution is -2.07. The van der Waals surface area contributed by atoms with Crippen LogP contribution in [0.1, 0.15) is 17.3 Å². The largest absolute Gasteiger partial charge is 0.493 e. The number of carbonyl (C=O) groups excluding carboxylic acids is 1. The summed E-state index contributed by atoms with van der Waals surface area (Å²) < 4.78 is 15.0. The van der Waals surface area contributed by atoms with Crippen molar-refractivity contribution in [2.24, 2.45) is 0 Å². The Morgan fingerprint density at radius 3 is 2.50 bits per heavy atom. The van der Waals surface area contributed by atoms with E-state index in [1.807, 2.05) is 6.92 Å². The van der Waals surface area contributed by atoms with Crippen LogP contribution >= 0.6 is 0 Å². The average Bonchev–Trinajstić information content (AvgIpc) is 2.29. The number of benzene rings is 1. The maximum absolute atomic E-state index is 11.4. The van der Waals surface area contributed by atoms with Crippen molar-refractivity contribution in [1.82, 2.24) is 0 Å². The van der Waals surface area contributed by atoms with Crippen molar-refractivity contribution < 1.29 is 19.0 Å². The summed E-state index contributed by atoms with van der Waals surface area (Å²) in [5.74, 6) is 0.463. The Balaban J connectivity index is 3.20. The smallest absolute Gasteiger partial charge is 0.340 e. The molecule has 0 spiro atoms. The van der Waals surface area contributed by atoms with Crippen molar-refractivity contribution in [3.05, 3.63) is 17.7 Å². The molecule has 88 valence electrons. The van der Waals surface area contributed by atoms with E-state index in [4.69, 9.17) is 15.2 Å². The number of nitrogens with two attached hydrogens (primary N) is 1. The van der Waals surface area contributed by atoms with Crippen LogP contribution in [-0.4, -0.2) is 26.8 Å². The molecule has 1 aromatic carbocycles. The van der Waals surface area contributed by atoms with Crippen molar-refractivity contribution >= 4 is 11.7 Å². The Bertz CT molecular complexity index is 390. The normalized spacial score (nSPS) is 9.69. The zero-order valence-corrected chi connectivity index (χ0v) is 9.57.